The van der Waals surface area contributed by atoms with Gasteiger partial charge in [-0.25, -0.2) is 4.68 Å². The summed E-state index contributed by atoms with van der Waals surface area (Å²) in [7, 11) is 1.59. The highest BCUT2D eigenvalue weighted by Crippen LogP contribution is 2.27. The highest BCUT2D eigenvalue weighted by Gasteiger charge is 2.17. The van der Waals surface area contributed by atoms with Crippen molar-refractivity contribution in [2.75, 3.05) is 11.9 Å². The number of aryl methyl sites for hydroxylation is 1. The van der Waals surface area contributed by atoms with Crippen LogP contribution in [0.5, 0.6) is 0 Å². The van der Waals surface area contributed by atoms with Crippen LogP contribution in [0, 0.1) is 5.92 Å². The van der Waals surface area contributed by atoms with Crippen molar-refractivity contribution in [3.8, 4) is 0 Å². The molecule has 1 aliphatic carbocycles. The Morgan fingerprint density at radius 2 is 2.40 bits per heavy atom. The fourth-order valence-electron chi connectivity index (χ4n) is 1.59. The third-order valence-corrected chi connectivity index (χ3v) is 3.25. The van der Waals surface area contributed by atoms with Gasteiger partial charge in [0.05, 0.1) is 11.9 Å². The molecule has 0 spiro atoms. The lowest BCUT2D eigenvalue weighted by Gasteiger charge is -2.25. The lowest BCUT2D eigenvalue weighted by molar-refractivity contribution is 0.333. The molecule has 0 bridgehead atoms. The van der Waals surface area contributed by atoms with Gasteiger partial charge in [-0.3, -0.25) is 4.79 Å². The predicted octanol–water partition coefficient (Wildman–Crippen LogP) is 1.65. The molecule has 2 rings (SSSR count). The van der Waals surface area contributed by atoms with E-state index in [1.54, 1.807) is 13.2 Å². The summed E-state index contributed by atoms with van der Waals surface area (Å²) < 4.78 is 1.23. The second-order valence-corrected chi connectivity index (χ2v) is 4.36. The van der Waals surface area contributed by atoms with Gasteiger partial charge in [0.15, 0.2) is 0 Å². The number of hydrogen-bond acceptors (Lipinski definition) is 3. The Bertz CT molecular complexity index is 412. The number of nitrogens with one attached hydrogen (secondary N) is 1. The van der Waals surface area contributed by atoms with E-state index in [2.05, 4.69) is 10.4 Å². The first-order valence-electron chi connectivity index (χ1n) is 5.14. The molecule has 1 aliphatic rings. The van der Waals surface area contributed by atoms with Crippen molar-refractivity contribution < 1.29 is 0 Å². The minimum absolute atomic E-state index is 0.229. The highest BCUT2D eigenvalue weighted by atomic mass is 35.5. The standard InChI is InChI=1S/C10H14ClN3O/c1-14-10(15)9(11)8(6-13-14)12-5-7-3-2-4-7/h6-7,12H,2-5H2,1H3. The lowest BCUT2D eigenvalue weighted by atomic mass is 9.85. The van der Waals surface area contributed by atoms with E-state index in [9.17, 15) is 4.79 Å². The van der Waals surface area contributed by atoms with E-state index in [-0.39, 0.29) is 10.6 Å². The SMILES string of the molecule is Cn1ncc(NCC2CCC2)c(Cl)c1=O. The molecule has 82 valence electrons. The monoisotopic (exact) mass is 227 g/mol. The van der Waals surface area contributed by atoms with Gasteiger partial charge in [-0.1, -0.05) is 18.0 Å². The van der Waals surface area contributed by atoms with Gasteiger partial charge >= 0.3 is 0 Å². The zero-order valence-electron chi connectivity index (χ0n) is 8.66. The Morgan fingerprint density at radius 3 is 3.00 bits per heavy atom. The summed E-state index contributed by atoms with van der Waals surface area (Å²) in [6.07, 6.45) is 5.45. The molecule has 0 unspecified atom stereocenters. The van der Waals surface area contributed by atoms with Gasteiger partial charge in [0.1, 0.15) is 5.02 Å². The molecule has 1 heterocycles. The van der Waals surface area contributed by atoms with E-state index in [0.29, 0.717) is 5.69 Å². The maximum atomic E-state index is 11.4. The van der Waals surface area contributed by atoms with Gasteiger partial charge in [0.2, 0.25) is 0 Å². The molecular weight excluding hydrogens is 214 g/mol. The fraction of sp³-hybridized carbons (Fsp3) is 0.600. The lowest BCUT2D eigenvalue weighted by Crippen LogP contribution is -2.24. The van der Waals surface area contributed by atoms with Crippen LogP contribution in [0.2, 0.25) is 5.02 Å². The van der Waals surface area contributed by atoms with E-state index in [0.717, 1.165) is 12.5 Å². The van der Waals surface area contributed by atoms with Crippen LogP contribution in [0.25, 0.3) is 0 Å². The third-order valence-electron chi connectivity index (χ3n) is 2.88. The molecule has 1 aromatic rings. The summed E-state index contributed by atoms with van der Waals surface area (Å²) in [6, 6.07) is 0. The van der Waals surface area contributed by atoms with Crippen molar-refractivity contribution >= 4 is 17.3 Å². The number of anilines is 1. The predicted molar refractivity (Wildman–Crippen MR) is 60.3 cm³/mol. The Hall–Kier alpha value is -1.03. The summed E-state index contributed by atoms with van der Waals surface area (Å²) in [4.78, 5) is 11.4. The van der Waals surface area contributed by atoms with Gasteiger partial charge < -0.3 is 5.32 Å². The maximum absolute atomic E-state index is 11.4. The quantitative estimate of drug-likeness (QED) is 0.854. The van der Waals surface area contributed by atoms with E-state index in [1.807, 2.05) is 0 Å². The smallest absolute Gasteiger partial charge is 0.287 e. The summed E-state index contributed by atoms with van der Waals surface area (Å²) in [6.45, 7) is 0.883. The van der Waals surface area contributed by atoms with Gasteiger partial charge in [0.25, 0.3) is 5.56 Å². The number of rotatable bonds is 3. The largest absolute Gasteiger partial charge is 0.382 e. The molecule has 0 amide bonds. The van der Waals surface area contributed by atoms with E-state index in [1.165, 1.54) is 23.9 Å². The second kappa shape index (κ2) is 4.23. The summed E-state index contributed by atoms with van der Waals surface area (Å²) >= 11 is 5.91. The third kappa shape index (κ3) is 2.15. The molecule has 0 atom stereocenters. The minimum atomic E-state index is -0.254. The average molecular weight is 228 g/mol. The zero-order chi connectivity index (χ0) is 10.8. The van der Waals surface area contributed by atoms with E-state index < -0.39 is 0 Å². The normalized spacial score (nSPS) is 16.1. The van der Waals surface area contributed by atoms with Gasteiger partial charge in [-0.2, -0.15) is 5.10 Å². The summed E-state index contributed by atoms with van der Waals surface area (Å²) in [5.74, 6) is 0.727. The molecule has 0 aromatic carbocycles. The van der Waals surface area contributed by atoms with Gasteiger partial charge in [-0.05, 0) is 18.8 Å². The van der Waals surface area contributed by atoms with Crippen molar-refractivity contribution in [3.63, 3.8) is 0 Å². The number of hydrogen-bond donors (Lipinski definition) is 1. The maximum Gasteiger partial charge on any atom is 0.287 e. The molecule has 15 heavy (non-hydrogen) atoms. The van der Waals surface area contributed by atoms with Crippen LogP contribution in [0.4, 0.5) is 5.69 Å². The van der Waals surface area contributed by atoms with Crippen LogP contribution >= 0.6 is 11.6 Å². The molecular formula is C10H14ClN3O. The summed E-state index contributed by atoms with van der Waals surface area (Å²) in [5.41, 5.74) is 0.391. The Labute approximate surface area is 93.2 Å². The van der Waals surface area contributed by atoms with Crippen LogP contribution in [-0.2, 0) is 7.05 Å². The molecule has 1 N–H and O–H groups in total. The molecule has 1 saturated carbocycles. The van der Waals surface area contributed by atoms with Crippen molar-refractivity contribution in [3.05, 3.63) is 21.6 Å². The molecule has 1 fully saturated rings. The van der Waals surface area contributed by atoms with Gasteiger partial charge in [-0.15, -0.1) is 0 Å². The molecule has 1 aromatic heterocycles. The number of aromatic nitrogens is 2. The first-order chi connectivity index (χ1) is 7.18. The molecule has 0 radical (unpaired) electrons. The van der Waals surface area contributed by atoms with E-state index >= 15 is 0 Å². The van der Waals surface area contributed by atoms with Crippen LogP contribution in [0.15, 0.2) is 11.0 Å². The number of halogens is 1. The van der Waals surface area contributed by atoms with Crippen molar-refractivity contribution in [2.24, 2.45) is 13.0 Å². The Kier molecular flexibility index (Phi) is 2.95. The topological polar surface area (TPSA) is 46.9 Å². The van der Waals surface area contributed by atoms with Crippen molar-refractivity contribution in [1.82, 2.24) is 9.78 Å². The zero-order valence-corrected chi connectivity index (χ0v) is 9.42. The molecule has 4 nitrogen and oxygen atoms in total. The van der Waals surface area contributed by atoms with Crippen molar-refractivity contribution in [1.29, 1.82) is 0 Å². The van der Waals surface area contributed by atoms with Crippen LogP contribution in [0.1, 0.15) is 19.3 Å². The van der Waals surface area contributed by atoms with Crippen molar-refractivity contribution in [2.45, 2.75) is 19.3 Å². The van der Waals surface area contributed by atoms with E-state index in [4.69, 9.17) is 11.6 Å². The van der Waals surface area contributed by atoms with Crippen LogP contribution in [0.3, 0.4) is 0 Å². The van der Waals surface area contributed by atoms with Crippen LogP contribution in [-0.4, -0.2) is 16.3 Å². The van der Waals surface area contributed by atoms with Crippen LogP contribution < -0.4 is 10.9 Å². The summed E-state index contributed by atoms with van der Waals surface area (Å²) in [5, 5.41) is 7.32. The van der Waals surface area contributed by atoms with Gasteiger partial charge in [0, 0.05) is 13.6 Å². The highest BCUT2D eigenvalue weighted by molar-refractivity contribution is 6.32. The molecule has 0 aliphatic heterocycles. The Balaban J connectivity index is 2.07. The molecule has 5 heteroatoms. The Morgan fingerprint density at radius 1 is 1.67 bits per heavy atom. The first-order valence-corrected chi connectivity index (χ1v) is 5.52. The number of nitrogens with zero attached hydrogens (tertiary/aromatic N) is 2. The molecule has 0 saturated heterocycles. The fourth-order valence-corrected chi connectivity index (χ4v) is 1.82. The second-order valence-electron chi connectivity index (χ2n) is 3.98. The minimum Gasteiger partial charge on any atom is -0.382 e. The average Bonchev–Trinajstić information content (AvgIpc) is 2.15. The first kappa shape index (κ1) is 10.5.